The molecule has 0 aliphatic carbocycles. The Balaban J connectivity index is -0.000000206. The fraction of sp³-hybridized carbons (Fsp3) is 0.545. The van der Waals surface area contributed by atoms with E-state index >= 15 is 0 Å². The summed E-state index contributed by atoms with van der Waals surface area (Å²) in [4.78, 5) is 0. The molecule has 3 nitrogen and oxygen atoms in total. The average molecular weight is 278 g/mol. The van der Waals surface area contributed by atoms with E-state index in [1.54, 1.807) is 19.2 Å². The van der Waals surface area contributed by atoms with Crippen LogP contribution in [0.4, 0.5) is 0 Å². The van der Waals surface area contributed by atoms with Crippen LogP contribution >= 0.6 is 5.77 Å². The van der Waals surface area contributed by atoms with Crippen LogP contribution in [0.2, 0.25) is 0 Å². The summed E-state index contributed by atoms with van der Waals surface area (Å²) in [6.45, 7) is 8.68. The Morgan fingerprint density at radius 1 is 0.938 bits per heavy atom. The zero-order chi connectivity index (χ0) is 13.7. The van der Waals surface area contributed by atoms with E-state index in [4.69, 9.17) is 14.8 Å². The number of hydrogen-bond donors (Lipinski definition) is 0. The summed E-state index contributed by atoms with van der Waals surface area (Å²) < 4.78 is 8.90. The first-order valence-corrected chi connectivity index (χ1v) is 7.46. The second kappa shape index (κ2) is 15.2. The summed E-state index contributed by atoms with van der Waals surface area (Å²) in [7, 11) is 1.50. The van der Waals surface area contributed by atoms with Crippen LogP contribution < -0.4 is 10.2 Å². The molecule has 93 valence electrons. The van der Waals surface area contributed by atoms with Crippen LogP contribution in [0.1, 0.15) is 22.3 Å². The van der Waals surface area contributed by atoms with Crippen LogP contribution in [0.5, 0.6) is 0 Å². The van der Waals surface area contributed by atoms with Crippen molar-refractivity contribution in [1.29, 1.82) is 0 Å². The normalized spacial score (nSPS) is 7.38. The van der Waals surface area contributed by atoms with Gasteiger partial charge in [-0.15, -0.1) is 0 Å². The van der Waals surface area contributed by atoms with Crippen LogP contribution in [0.25, 0.3) is 0 Å². The first-order chi connectivity index (χ1) is 7.54. The molecule has 0 aliphatic heterocycles. The minimum atomic E-state index is 0.167. The number of hydrogen-bond acceptors (Lipinski definition) is 3. The Labute approximate surface area is 110 Å². The molecule has 0 aliphatic rings. The summed E-state index contributed by atoms with van der Waals surface area (Å²) in [5.41, 5.74) is 5.75. The maximum atomic E-state index is 8.90. The van der Waals surface area contributed by atoms with E-state index in [-0.39, 0.29) is 5.77 Å². The second-order valence-corrected chi connectivity index (χ2v) is 3.89. The number of rotatable bonds is 0. The molecule has 0 fully saturated rings. The first kappa shape index (κ1) is 21.5. The molecular weight excluding hydrogens is 259 g/mol. The minimum absolute atomic E-state index is 0.167. The molecule has 1 rings (SSSR count). The van der Waals surface area contributed by atoms with E-state index in [1.165, 1.54) is 22.3 Å². The van der Waals surface area contributed by atoms with Crippen molar-refractivity contribution in [1.82, 2.24) is 0 Å². The molecule has 5 heteroatoms. The Morgan fingerprint density at radius 3 is 1.19 bits per heavy atom. The van der Waals surface area contributed by atoms with Gasteiger partial charge >= 0.3 is 29.5 Å². The second-order valence-electron chi connectivity index (χ2n) is 2.85. The molecule has 0 atom stereocenters. The van der Waals surface area contributed by atoms with Gasteiger partial charge in [-0.1, -0.05) is 27.7 Å². The van der Waals surface area contributed by atoms with E-state index in [2.05, 4.69) is 33.8 Å². The summed E-state index contributed by atoms with van der Waals surface area (Å²) >= 11 is 1.54. The van der Waals surface area contributed by atoms with Crippen LogP contribution in [0, 0.1) is 27.7 Å². The van der Waals surface area contributed by atoms with Crippen LogP contribution in [0.3, 0.4) is 0 Å². The average Bonchev–Trinajstić information content (AvgIpc) is 2.52. The Kier molecular flexibility index (Phi) is 20.4. The molecule has 0 saturated heterocycles. The van der Waals surface area contributed by atoms with Gasteiger partial charge in [0.25, 0.3) is 0 Å². The quantitative estimate of drug-likeness (QED) is 0.408. The Hall–Kier alpha value is 0.214. The molecule has 0 unspecified atom stereocenters. The van der Waals surface area contributed by atoms with Crippen molar-refractivity contribution in [3.8, 4) is 0 Å². The zero-order valence-corrected chi connectivity index (χ0v) is 13.2. The molecule has 0 radical (unpaired) electrons. The molecule has 0 bridgehead atoms. The van der Waals surface area contributed by atoms with E-state index in [1.807, 2.05) is 0 Å². The van der Waals surface area contributed by atoms with Crippen molar-refractivity contribution in [3.63, 3.8) is 0 Å². The molecule has 1 aromatic rings. The predicted octanol–water partition coefficient (Wildman–Crippen LogP) is 1.33. The fourth-order valence-electron chi connectivity index (χ4n) is 1.13. The predicted molar refractivity (Wildman–Crippen MR) is 60.4 cm³/mol. The summed E-state index contributed by atoms with van der Waals surface area (Å²) in [5, 5.41) is 16.5. The van der Waals surface area contributed by atoms with E-state index < -0.39 is 0 Å². The van der Waals surface area contributed by atoms with Gasteiger partial charge in [-0.2, -0.15) is 42.5 Å². The van der Waals surface area contributed by atoms with Gasteiger partial charge in [0, 0.05) is 0 Å². The van der Waals surface area contributed by atoms with Gasteiger partial charge < -0.3 is 10.2 Å². The van der Waals surface area contributed by atoms with E-state index in [0.29, 0.717) is 0 Å². The van der Waals surface area contributed by atoms with E-state index in [0.717, 1.165) is 14.2 Å². The number of aryl methyl sites for hydroxylation is 2. The first-order valence-electron chi connectivity index (χ1n) is 4.55. The third-order valence-electron chi connectivity index (χ3n) is 2.18. The van der Waals surface area contributed by atoms with Crippen molar-refractivity contribution >= 4 is 5.77 Å². The van der Waals surface area contributed by atoms with Gasteiger partial charge in [-0.05, 0) is 0 Å². The maximum absolute atomic E-state index is 8.90. The molecule has 0 amide bonds. The van der Waals surface area contributed by atoms with Crippen LogP contribution in [-0.2, 0) is 23.8 Å². The van der Waals surface area contributed by atoms with Crippen LogP contribution in [0.15, 0.2) is 6.07 Å². The van der Waals surface area contributed by atoms with Crippen molar-refractivity contribution in [2.24, 2.45) is 0 Å². The zero-order valence-electron chi connectivity index (χ0n) is 10.7. The molecule has 1 aromatic carbocycles. The van der Waals surface area contributed by atoms with Crippen molar-refractivity contribution in [3.05, 3.63) is 28.3 Å². The summed E-state index contributed by atoms with van der Waals surface area (Å²) in [5.74, 6) is 0.167. The standard InChI is InChI=1S/C9H13.2CH3O.OP.Ti/c1-6-5-7(2)9(4)8(6)3;3*1-2;/h5H,1-4H3;2*1H3;;/q4*-1;+1. The summed E-state index contributed by atoms with van der Waals surface area (Å²) in [6.07, 6.45) is 0. The van der Waals surface area contributed by atoms with Gasteiger partial charge in [0.2, 0.25) is 0 Å². The molecule has 0 aromatic heterocycles. The third kappa shape index (κ3) is 9.44. The molecule has 0 saturated carbocycles. The SMILES string of the molecule is C[O-].C[O-].Cc1[cH-]c(C)c(C)c1C.O=[P]#[Ti]. The Morgan fingerprint density at radius 2 is 1.12 bits per heavy atom. The van der Waals surface area contributed by atoms with Gasteiger partial charge in [0.1, 0.15) is 0 Å². The van der Waals surface area contributed by atoms with E-state index in [9.17, 15) is 0 Å². The fourth-order valence-corrected chi connectivity index (χ4v) is 1.13. The molecule has 0 N–H and O–H groups in total. The summed E-state index contributed by atoms with van der Waals surface area (Å²) in [6, 6.07) is 2.24. The molecule has 0 heterocycles. The monoisotopic (exact) mass is 278 g/mol. The van der Waals surface area contributed by atoms with Crippen molar-refractivity contribution in [2.45, 2.75) is 27.7 Å². The van der Waals surface area contributed by atoms with Gasteiger partial charge in [-0.25, -0.2) is 0 Å². The Bertz CT molecular complexity index is 322. The van der Waals surface area contributed by atoms with Crippen LogP contribution in [-0.4, -0.2) is 14.2 Å². The van der Waals surface area contributed by atoms with Crippen molar-refractivity contribution < 1.29 is 34.0 Å². The van der Waals surface area contributed by atoms with Gasteiger partial charge in [-0.3, -0.25) is 0 Å². The van der Waals surface area contributed by atoms with Gasteiger partial charge in [0.15, 0.2) is 0 Å². The third-order valence-corrected chi connectivity index (χ3v) is 2.18. The molecule has 16 heavy (non-hydrogen) atoms. The molecular formula is C11H19O3PTi-3. The van der Waals surface area contributed by atoms with Crippen molar-refractivity contribution in [2.75, 3.05) is 14.2 Å². The molecule has 0 spiro atoms. The van der Waals surface area contributed by atoms with Gasteiger partial charge in [0.05, 0.1) is 0 Å². The topological polar surface area (TPSA) is 63.2 Å².